The van der Waals surface area contributed by atoms with Crippen LogP contribution < -0.4 is 5.32 Å². The van der Waals surface area contributed by atoms with Crippen LogP contribution in [0.1, 0.15) is 33.1 Å². The van der Waals surface area contributed by atoms with Crippen LogP contribution in [-0.2, 0) is 9.84 Å². The van der Waals surface area contributed by atoms with E-state index in [1.165, 1.54) is 6.26 Å². The minimum absolute atomic E-state index is 0.321. The first kappa shape index (κ1) is 13.9. The van der Waals surface area contributed by atoms with Crippen LogP contribution in [0, 0.1) is 5.92 Å². The summed E-state index contributed by atoms with van der Waals surface area (Å²) in [6.45, 7) is 6.30. The van der Waals surface area contributed by atoms with Crippen molar-refractivity contribution in [3.8, 4) is 0 Å². The van der Waals surface area contributed by atoms with E-state index < -0.39 is 9.84 Å². The summed E-state index contributed by atoms with van der Waals surface area (Å²) in [6.07, 6.45) is 4.30. The first-order valence-electron chi connectivity index (χ1n) is 5.34. The number of nitrogens with one attached hydrogen (secondary N) is 1. The van der Waals surface area contributed by atoms with Gasteiger partial charge in [-0.1, -0.05) is 13.8 Å². The van der Waals surface area contributed by atoms with Gasteiger partial charge in [0, 0.05) is 6.26 Å². The predicted molar refractivity (Wildman–Crippen MR) is 61.3 cm³/mol. The number of sulfone groups is 1. The summed E-state index contributed by atoms with van der Waals surface area (Å²) in [4.78, 5) is 0. The molecule has 0 radical (unpaired) electrons. The maximum atomic E-state index is 10.9. The van der Waals surface area contributed by atoms with Gasteiger partial charge in [0.1, 0.15) is 9.84 Å². The number of hydrogen-bond acceptors (Lipinski definition) is 3. The molecule has 1 unspecified atom stereocenters. The van der Waals surface area contributed by atoms with Gasteiger partial charge in [-0.25, -0.2) is 8.42 Å². The Morgan fingerprint density at radius 2 is 1.86 bits per heavy atom. The van der Waals surface area contributed by atoms with E-state index in [1.54, 1.807) is 0 Å². The van der Waals surface area contributed by atoms with Gasteiger partial charge in [0.25, 0.3) is 0 Å². The zero-order valence-electron chi connectivity index (χ0n) is 9.54. The molecule has 3 nitrogen and oxygen atoms in total. The molecule has 0 amide bonds. The fraction of sp³-hybridized carbons (Fsp3) is 1.00. The molecule has 0 spiro atoms. The van der Waals surface area contributed by atoms with Crippen molar-refractivity contribution < 1.29 is 8.42 Å². The first-order valence-corrected chi connectivity index (χ1v) is 7.40. The molecular weight excluding hydrogens is 198 g/mol. The standard InChI is InChI=1S/C10H23NO2S/c1-4-7-11-8-5-10(2)6-9-14(3,12)13/h10-11H,4-9H2,1-3H3. The lowest BCUT2D eigenvalue weighted by Crippen LogP contribution is -2.19. The van der Waals surface area contributed by atoms with Crippen LogP contribution in [0.2, 0.25) is 0 Å². The summed E-state index contributed by atoms with van der Waals surface area (Å²) in [6, 6.07) is 0. The third-order valence-corrected chi connectivity index (χ3v) is 3.20. The number of rotatable bonds is 8. The Labute approximate surface area is 88.2 Å². The van der Waals surface area contributed by atoms with Crippen LogP contribution in [0.15, 0.2) is 0 Å². The maximum absolute atomic E-state index is 10.9. The molecule has 0 fully saturated rings. The van der Waals surface area contributed by atoms with Crippen molar-refractivity contribution in [3.05, 3.63) is 0 Å². The van der Waals surface area contributed by atoms with Gasteiger partial charge in [-0.3, -0.25) is 0 Å². The molecule has 0 rings (SSSR count). The largest absolute Gasteiger partial charge is 0.317 e. The van der Waals surface area contributed by atoms with Crippen molar-refractivity contribution in [2.45, 2.75) is 33.1 Å². The van der Waals surface area contributed by atoms with E-state index in [0.717, 1.165) is 32.4 Å². The second-order valence-electron chi connectivity index (χ2n) is 4.06. The maximum Gasteiger partial charge on any atom is 0.147 e. The quantitative estimate of drug-likeness (QED) is 0.631. The van der Waals surface area contributed by atoms with E-state index in [2.05, 4.69) is 19.2 Å². The molecule has 0 bridgehead atoms. The molecule has 0 aromatic heterocycles. The third-order valence-electron chi connectivity index (χ3n) is 2.22. The lowest BCUT2D eigenvalue weighted by Gasteiger charge is -2.10. The van der Waals surface area contributed by atoms with Crippen molar-refractivity contribution >= 4 is 9.84 Å². The molecule has 1 atom stereocenters. The van der Waals surface area contributed by atoms with Gasteiger partial charge < -0.3 is 5.32 Å². The lowest BCUT2D eigenvalue weighted by molar-refractivity contribution is 0.485. The zero-order valence-corrected chi connectivity index (χ0v) is 10.4. The van der Waals surface area contributed by atoms with Gasteiger partial charge in [-0.15, -0.1) is 0 Å². The van der Waals surface area contributed by atoms with E-state index in [1.807, 2.05) is 0 Å². The topological polar surface area (TPSA) is 46.2 Å². The van der Waals surface area contributed by atoms with Gasteiger partial charge in [0.2, 0.25) is 0 Å². The van der Waals surface area contributed by atoms with Crippen LogP contribution in [0.5, 0.6) is 0 Å². The fourth-order valence-electron chi connectivity index (χ4n) is 1.21. The Morgan fingerprint density at radius 3 is 2.36 bits per heavy atom. The van der Waals surface area contributed by atoms with E-state index >= 15 is 0 Å². The van der Waals surface area contributed by atoms with Gasteiger partial charge >= 0.3 is 0 Å². The summed E-state index contributed by atoms with van der Waals surface area (Å²) in [5.74, 6) is 0.816. The normalized spacial score (nSPS) is 14.2. The van der Waals surface area contributed by atoms with Crippen LogP contribution in [0.3, 0.4) is 0 Å². The lowest BCUT2D eigenvalue weighted by atomic mass is 10.1. The Balaban J connectivity index is 3.42. The second-order valence-corrected chi connectivity index (χ2v) is 6.32. The van der Waals surface area contributed by atoms with Gasteiger partial charge in [-0.2, -0.15) is 0 Å². The highest BCUT2D eigenvalue weighted by Crippen LogP contribution is 2.07. The van der Waals surface area contributed by atoms with Crippen LogP contribution in [-0.4, -0.2) is 33.5 Å². The Kier molecular flexibility index (Phi) is 7.19. The first-order chi connectivity index (χ1) is 6.45. The molecule has 0 heterocycles. The van der Waals surface area contributed by atoms with E-state index in [9.17, 15) is 8.42 Å². The molecule has 0 saturated heterocycles. The number of hydrogen-bond donors (Lipinski definition) is 1. The molecule has 86 valence electrons. The minimum atomic E-state index is -2.77. The molecule has 1 N–H and O–H groups in total. The molecule has 0 aromatic carbocycles. The molecule has 0 aliphatic heterocycles. The minimum Gasteiger partial charge on any atom is -0.317 e. The van der Waals surface area contributed by atoms with E-state index in [0.29, 0.717) is 11.7 Å². The third kappa shape index (κ3) is 9.99. The monoisotopic (exact) mass is 221 g/mol. The highest BCUT2D eigenvalue weighted by Gasteiger charge is 2.07. The zero-order chi connectivity index (χ0) is 11.0. The molecular formula is C10H23NO2S. The summed E-state index contributed by atoms with van der Waals surface area (Å²) in [7, 11) is -2.77. The van der Waals surface area contributed by atoms with Gasteiger partial charge in [-0.05, 0) is 38.3 Å². The average molecular weight is 221 g/mol. The summed E-state index contributed by atoms with van der Waals surface area (Å²) in [5, 5.41) is 3.31. The SMILES string of the molecule is CCCNCCC(C)CCS(C)(=O)=O. The van der Waals surface area contributed by atoms with Crippen molar-refractivity contribution in [1.29, 1.82) is 0 Å². The Morgan fingerprint density at radius 1 is 1.21 bits per heavy atom. The Bertz CT molecular complexity index is 224. The van der Waals surface area contributed by atoms with Gasteiger partial charge in [0.05, 0.1) is 5.75 Å². The van der Waals surface area contributed by atoms with Crippen LogP contribution in [0.25, 0.3) is 0 Å². The van der Waals surface area contributed by atoms with Crippen molar-refractivity contribution in [2.24, 2.45) is 5.92 Å². The average Bonchev–Trinajstić information content (AvgIpc) is 2.08. The van der Waals surface area contributed by atoms with Crippen molar-refractivity contribution in [1.82, 2.24) is 5.32 Å². The van der Waals surface area contributed by atoms with Gasteiger partial charge in [0.15, 0.2) is 0 Å². The molecule has 0 saturated carbocycles. The molecule has 4 heteroatoms. The Hall–Kier alpha value is -0.0900. The molecule has 0 aliphatic rings. The summed E-state index contributed by atoms with van der Waals surface area (Å²) < 4.78 is 21.8. The highest BCUT2D eigenvalue weighted by molar-refractivity contribution is 7.90. The van der Waals surface area contributed by atoms with E-state index in [-0.39, 0.29) is 0 Å². The molecule has 0 aromatic rings. The van der Waals surface area contributed by atoms with Crippen molar-refractivity contribution in [3.63, 3.8) is 0 Å². The predicted octanol–water partition coefficient (Wildman–Crippen LogP) is 1.45. The fourth-order valence-corrected chi connectivity index (χ4v) is 2.04. The molecule has 14 heavy (non-hydrogen) atoms. The van der Waals surface area contributed by atoms with E-state index in [4.69, 9.17) is 0 Å². The van der Waals surface area contributed by atoms with Crippen LogP contribution in [0.4, 0.5) is 0 Å². The highest BCUT2D eigenvalue weighted by atomic mass is 32.2. The summed E-state index contributed by atoms with van der Waals surface area (Å²) in [5.41, 5.74) is 0. The second kappa shape index (κ2) is 7.23. The van der Waals surface area contributed by atoms with Crippen molar-refractivity contribution in [2.75, 3.05) is 25.1 Å². The van der Waals surface area contributed by atoms with Crippen LogP contribution >= 0.6 is 0 Å². The molecule has 0 aliphatic carbocycles. The smallest absolute Gasteiger partial charge is 0.147 e. The summed E-state index contributed by atoms with van der Waals surface area (Å²) >= 11 is 0.